The van der Waals surface area contributed by atoms with Crippen LogP contribution in [0.5, 0.6) is 5.75 Å². The van der Waals surface area contributed by atoms with Crippen LogP contribution in [0.15, 0.2) is 65.0 Å². The monoisotopic (exact) mass is 817 g/mol. The van der Waals surface area contributed by atoms with Gasteiger partial charge in [-0.05, 0) is 102 Å². The molecular weight excluding hydrogens is 771 g/mol. The largest absolute Gasteiger partial charge is 0.494 e. The van der Waals surface area contributed by atoms with E-state index in [0.717, 1.165) is 21.7 Å². The number of carbonyl (C=O) groups excluding carboxylic acids is 4. The fourth-order valence-corrected chi connectivity index (χ4v) is 8.74. The highest BCUT2D eigenvalue weighted by molar-refractivity contribution is 7.89. The molecule has 302 valence electrons. The second-order valence-electron chi connectivity index (χ2n) is 14.8. The Morgan fingerprint density at radius 2 is 1.86 bits per heavy atom. The van der Waals surface area contributed by atoms with Crippen molar-refractivity contribution in [3.8, 4) is 5.75 Å². The molecule has 2 aliphatic rings. The highest BCUT2D eigenvalue weighted by atomic mass is 32.2. The van der Waals surface area contributed by atoms with Crippen molar-refractivity contribution in [1.82, 2.24) is 35.5 Å². The molecule has 2 aromatic heterocycles. The Morgan fingerprint density at radius 3 is 2.63 bits per heavy atom. The van der Waals surface area contributed by atoms with Crippen LogP contribution in [0.4, 0.5) is 23.1 Å². The number of aromatic nitrogens is 2. The number of thiophene rings is 1. The van der Waals surface area contributed by atoms with E-state index >= 15 is 0 Å². The third kappa shape index (κ3) is 10.9. The molecule has 0 unspecified atom stereocenters. The van der Waals surface area contributed by atoms with E-state index in [1.165, 1.54) is 16.2 Å². The molecular formula is C39H47N9O7S2. The number of hydrogen-bond acceptors (Lipinski definition) is 13. The third-order valence-corrected chi connectivity index (χ3v) is 11.8. The average Bonchev–Trinajstić information content (AvgIpc) is 3.65. The van der Waals surface area contributed by atoms with Gasteiger partial charge in [0.15, 0.2) is 0 Å². The number of ether oxygens (including phenoxy) is 1. The summed E-state index contributed by atoms with van der Waals surface area (Å²) in [5, 5.41) is 16.5. The predicted molar refractivity (Wildman–Crippen MR) is 216 cm³/mol. The van der Waals surface area contributed by atoms with Crippen LogP contribution < -0.4 is 36.0 Å². The van der Waals surface area contributed by atoms with E-state index in [1.54, 1.807) is 56.6 Å². The number of imide groups is 1. The molecule has 1 fully saturated rings. The SMILES string of the molecule is Cc1cnc(Nc2ccc(OCCCNCC(=O)NCc3scc4c3CN([C@H]3CCCC(=O)NC3=O)C4=O)cc2)nc1Nc1cccc(S(=O)(=O)NC(C)(C)C)c1. The van der Waals surface area contributed by atoms with Gasteiger partial charge in [-0.2, -0.15) is 4.98 Å². The number of amides is 4. The van der Waals surface area contributed by atoms with E-state index in [-0.39, 0.29) is 48.7 Å². The van der Waals surface area contributed by atoms with E-state index in [4.69, 9.17) is 4.74 Å². The number of nitrogens with zero attached hydrogens (tertiary/aromatic N) is 3. The van der Waals surface area contributed by atoms with Crippen LogP contribution in [0.1, 0.15) is 72.8 Å². The number of hydrogen-bond donors (Lipinski definition) is 6. The van der Waals surface area contributed by atoms with Crippen LogP contribution in [-0.4, -0.2) is 78.2 Å². The number of anilines is 4. The normalized spacial score (nSPS) is 15.8. The standard InChI is InChI=1S/C39H47N9O7S2/c1-24-19-42-38(46-35(24)43-26-8-5-9-28(18-26)57(53,54)47-39(2,3)4)44-25-12-14-27(15-13-25)55-17-7-16-40-21-34(50)41-20-32-29-22-48(37(52)30(29)23-56-32)31-10-6-11-33(49)45-36(31)51/h5,8-9,12-15,18-19,23,31,40,47H,6-7,10-11,16-17,20-22H2,1-4H3,(H,41,50)(H,45,49,51)(H2,42,43,44,46)/t31-/m0/s1. The predicted octanol–water partition coefficient (Wildman–Crippen LogP) is 4.24. The molecule has 4 aromatic rings. The molecule has 0 saturated carbocycles. The first-order valence-electron chi connectivity index (χ1n) is 18.6. The molecule has 57 heavy (non-hydrogen) atoms. The molecule has 2 aliphatic heterocycles. The number of sulfonamides is 1. The van der Waals surface area contributed by atoms with Crippen LogP contribution in [0.2, 0.25) is 0 Å². The van der Waals surface area contributed by atoms with Gasteiger partial charge in [0, 0.05) is 51.9 Å². The van der Waals surface area contributed by atoms with Gasteiger partial charge in [-0.15, -0.1) is 11.3 Å². The molecule has 1 saturated heterocycles. The van der Waals surface area contributed by atoms with Gasteiger partial charge in [0.2, 0.25) is 33.7 Å². The number of rotatable bonds is 16. The second kappa shape index (κ2) is 17.8. The first-order chi connectivity index (χ1) is 27.1. The topological polar surface area (TPSA) is 213 Å². The van der Waals surface area contributed by atoms with Gasteiger partial charge in [-0.25, -0.2) is 18.1 Å². The molecule has 6 rings (SSSR count). The summed E-state index contributed by atoms with van der Waals surface area (Å²) in [6, 6.07) is 13.2. The van der Waals surface area contributed by atoms with Gasteiger partial charge in [0.25, 0.3) is 5.91 Å². The van der Waals surface area contributed by atoms with Crippen molar-refractivity contribution in [3.05, 3.63) is 81.7 Å². The Balaban J connectivity index is 0.898. The Kier molecular flexibility index (Phi) is 12.9. The third-order valence-electron chi connectivity index (χ3n) is 9.05. The van der Waals surface area contributed by atoms with Crippen molar-refractivity contribution in [2.75, 3.05) is 30.3 Å². The number of carbonyl (C=O) groups is 4. The summed E-state index contributed by atoms with van der Waals surface area (Å²) in [6.07, 6.45) is 3.57. The number of fused-ring (bicyclic) bond motifs is 1. The number of nitrogens with one attached hydrogen (secondary N) is 6. The van der Waals surface area contributed by atoms with Crippen LogP contribution in [0.3, 0.4) is 0 Å². The van der Waals surface area contributed by atoms with Crippen molar-refractivity contribution >= 4 is 68.1 Å². The zero-order valence-corrected chi connectivity index (χ0v) is 33.9. The van der Waals surface area contributed by atoms with Crippen LogP contribution in [-0.2, 0) is 37.5 Å². The maximum absolute atomic E-state index is 13.0. The maximum Gasteiger partial charge on any atom is 0.256 e. The smallest absolute Gasteiger partial charge is 0.256 e. The highest BCUT2D eigenvalue weighted by Gasteiger charge is 2.39. The lowest BCUT2D eigenvalue weighted by molar-refractivity contribution is -0.132. The quantitative estimate of drug-likeness (QED) is 0.0693. The van der Waals surface area contributed by atoms with Crippen LogP contribution in [0.25, 0.3) is 0 Å². The summed E-state index contributed by atoms with van der Waals surface area (Å²) >= 11 is 1.40. The average molecular weight is 818 g/mol. The first-order valence-corrected chi connectivity index (χ1v) is 21.0. The number of benzene rings is 2. The summed E-state index contributed by atoms with van der Waals surface area (Å²) in [5.41, 5.74) is 2.83. The van der Waals surface area contributed by atoms with E-state index in [2.05, 4.69) is 41.3 Å². The molecule has 4 amide bonds. The fraction of sp³-hybridized carbons (Fsp3) is 0.385. The van der Waals surface area contributed by atoms with Crippen molar-refractivity contribution in [2.24, 2.45) is 0 Å². The number of aryl methyl sites for hydroxylation is 1. The Morgan fingerprint density at radius 1 is 1.07 bits per heavy atom. The summed E-state index contributed by atoms with van der Waals surface area (Å²) < 4.78 is 34.2. The second-order valence-corrected chi connectivity index (χ2v) is 17.5. The Labute approximate surface area is 335 Å². The van der Waals surface area contributed by atoms with Crippen molar-refractivity contribution < 1.29 is 32.3 Å². The molecule has 6 N–H and O–H groups in total. The Hall–Kier alpha value is -5.43. The summed E-state index contributed by atoms with van der Waals surface area (Å²) in [6.45, 7) is 8.88. The first kappa shape index (κ1) is 41.2. The molecule has 1 atom stereocenters. The van der Waals surface area contributed by atoms with Gasteiger partial charge >= 0.3 is 0 Å². The van der Waals surface area contributed by atoms with Crippen LogP contribution >= 0.6 is 11.3 Å². The van der Waals surface area contributed by atoms with Gasteiger partial charge in [-0.1, -0.05) is 6.07 Å². The van der Waals surface area contributed by atoms with E-state index < -0.39 is 27.5 Å². The van der Waals surface area contributed by atoms with Gasteiger partial charge in [0.1, 0.15) is 17.6 Å². The van der Waals surface area contributed by atoms with Crippen molar-refractivity contribution in [1.29, 1.82) is 0 Å². The molecule has 4 heterocycles. The summed E-state index contributed by atoms with van der Waals surface area (Å²) in [7, 11) is -3.71. The molecule has 16 nitrogen and oxygen atoms in total. The van der Waals surface area contributed by atoms with E-state index in [0.29, 0.717) is 61.2 Å². The maximum atomic E-state index is 13.0. The molecule has 2 aromatic carbocycles. The van der Waals surface area contributed by atoms with Crippen molar-refractivity contribution in [2.45, 2.75) is 82.9 Å². The van der Waals surface area contributed by atoms with Gasteiger partial charge in [0.05, 0.1) is 30.2 Å². The fourth-order valence-electron chi connectivity index (χ4n) is 6.30. The zero-order chi connectivity index (χ0) is 40.7. The van der Waals surface area contributed by atoms with Gasteiger partial charge < -0.3 is 30.9 Å². The highest BCUT2D eigenvalue weighted by Crippen LogP contribution is 2.34. The Bertz CT molecular complexity index is 2240. The summed E-state index contributed by atoms with van der Waals surface area (Å²) in [5.74, 6) is 0.386. The minimum absolute atomic E-state index is 0.122. The molecule has 18 heteroatoms. The minimum atomic E-state index is -3.71. The summed E-state index contributed by atoms with van der Waals surface area (Å²) in [4.78, 5) is 61.4. The zero-order valence-electron chi connectivity index (χ0n) is 32.2. The minimum Gasteiger partial charge on any atom is -0.494 e. The molecule has 0 spiro atoms. The lowest BCUT2D eigenvalue weighted by Crippen LogP contribution is -2.47. The molecule has 0 bridgehead atoms. The lowest BCUT2D eigenvalue weighted by atomic mass is 10.1. The van der Waals surface area contributed by atoms with Crippen molar-refractivity contribution in [3.63, 3.8) is 0 Å². The van der Waals surface area contributed by atoms with Crippen LogP contribution in [0, 0.1) is 6.92 Å². The van der Waals surface area contributed by atoms with Gasteiger partial charge in [-0.3, -0.25) is 24.5 Å². The van der Waals surface area contributed by atoms with E-state index in [1.807, 2.05) is 31.2 Å². The molecule has 0 radical (unpaired) electrons. The molecule has 0 aliphatic carbocycles. The lowest BCUT2D eigenvalue weighted by Gasteiger charge is -2.25. The van der Waals surface area contributed by atoms with E-state index in [9.17, 15) is 27.6 Å².